The highest BCUT2D eigenvalue weighted by atomic mass is 16.1. The maximum Gasteiger partial charge on any atom is 0.163 e. The molecule has 0 N–H and O–H groups in total. The van der Waals surface area contributed by atoms with Crippen LogP contribution in [0.15, 0.2) is 18.2 Å². The average Bonchev–Trinajstić information content (AvgIpc) is 2.40. The number of ketones is 1. The van der Waals surface area contributed by atoms with Crippen molar-refractivity contribution in [1.29, 1.82) is 0 Å². The van der Waals surface area contributed by atoms with Gasteiger partial charge in [-0.05, 0) is 36.3 Å². The van der Waals surface area contributed by atoms with Crippen LogP contribution in [0.3, 0.4) is 0 Å². The third kappa shape index (κ3) is 1.97. The molecule has 1 aromatic rings. The van der Waals surface area contributed by atoms with Crippen LogP contribution in [0, 0.1) is 0 Å². The zero-order chi connectivity index (χ0) is 10.8. The molecular weight excluding hydrogens is 184 g/mol. The van der Waals surface area contributed by atoms with Crippen molar-refractivity contribution >= 4 is 5.78 Å². The summed E-state index contributed by atoms with van der Waals surface area (Å²) in [7, 11) is 0. The minimum atomic E-state index is 0.338. The predicted molar refractivity (Wildman–Crippen MR) is 62.4 cm³/mol. The number of rotatable bonds is 1. The van der Waals surface area contributed by atoms with Crippen LogP contribution in [0.4, 0.5) is 0 Å². The Morgan fingerprint density at radius 2 is 1.87 bits per heavy atom. The van der Waals surface area contributed by atoms with Crippen LogP contribution in [0.5, 0.6) is 0 Å². The highest BCUT2D eigenvalue weighted by molar-refractivity contribution is 5.98. The van der Waals surface area contributed by atoms with Gasteiger partial charge in [-0.3, -0.25) is 4.79 Å². The summed E-state index contributed by atoms with van der Waals surface area (Å²) in [6.07, 6.45) is 4.01. The molecule has 0 bridgehead atoms. The van der Waals surface area contributed by atoms with E-state index in [-0.39, 0.29) is 0 Å². The lowest BCUT2D eigenvalue weighted by molar-refractivity contribution is 0.0982. The fourth-order valence-electron chi connectivity index (χ4n) is 2.41. The Bertz CT molecular complexity index is 377. The van der Waals surface area contributed by atoms with Crippen molar-refractivity contribution in [2.45, 2.75) is 45.4 Å². The Balaban J connectivity index is 2.53. The molecule has 0 aromatic heterocycles. The van der Waals surface area contributed by atoms with E-state index < -0.39 is 0 Å². The molecule has 0 spiro atoms. The van der Waals surface area contributed by atoms with E-state index in [1.807, 2.05) is 12.1 Å². The molecule has 15 heavy (non-hydrogen) atoms. The van der Waals surface area contributed by atoms with E-state index in [1.165, 1.54) is 11.1 Å². The monoisotopic (exact) mass is 202 g/mol. The van der Waals surface area contributed by atoms with Crippen LogP contribution in [-0.4, -0.2) is 5.78 Å². The first-order valence-corrected chi connectivity index (χ1v) is 5.85. The molecule has 1 aliphatic rings. The second-order valence-corrected chi connectivity index (χ2v) is 4.66. The van der Waals surface area contributed by atoms with Gasteiger partial charge < -0.3 is 0 Å². The van der Waals surface area contributed by atoms with Crippen LogP contribution >= 0.6 is 0 Å². The third-order valence-electron chi connectivity index (χ3n) is 3.22. The first-order chi connectivity index (χ1) is 7.20. The van der Waals surface area contributed by atoms with Gasteiger partial charge in [0.25, 0.3) is 0 Å². The van der Waals surface area contributed by atoms with Gasteiger partial charge in [0.05, 0.1) is 0 Å². The Kier molecular flexibility index (Phi) is 2.90. The van der Waals surface area contributed by atoms with Crippen LogP contribution in [-0.2, 0) is 6.42 Å². The number of fused-ring (bicyclic) bond motifs is 1. The molecule has 0 fully saturated rings. The van der Waals surface area contributed by atoms with Crippen molar-refractivity contribution in [2.24, 2.45) is 0 Å². The van der Waals surface area contributed by atoms with Crippen LogP contribution < -0.4 is 0 Å². The number of Topliss-reactive ketones (excluding diaryl/α,β-unsaturated/α-hetero) is 1. The highest BCUT2D eigenvalue weighted by Gasteiger charge is 2.18. The van der Waals surface area contributed by atoms with Gasteiger partial charge in [-0.2, -0.15) is 0 Å². The molecule has 0 saturated carbocycles. The van der Waals surface area contributed by atoms with Crippen molar-refractivity contribution in [3.63, 3.8) is 0 Å². The van der Waals surface area contributed by atoms with E-state index in [4.69, 9.17) is 0 Å². The Morgan fingerprint density at radius 1 is 1.13 bits per heavy atom. The molecule has 1 aliphatic carbocycles. The van der Waals surface area contributed by atoms with Crippen molar-refractivity contribution in [3.8, 4) is 0 Å². The van der Waals surface area contributed by atoms with E-state index in [1.54, 1.807) is 0 Å². The smallest absolute Gasteiger partial charge is 0.163 e. The normalized spacial score (nSPS) is 16.3. The maximum atomic E-state index is 11.9. The largest absolute Gasteiger partial charge is 0.294 e. The van der Waals surface area contributed by atoms with Gasteiger partial charge in [-0.25, -0.2) is 0 Å². The molecular formula is C14H18O. The molecule has 0 aliphatic heterocycles. The third-order valence-corrected chi connectivity index (χ3v) is 3.22. The van der Waals surface area contributed by atoms with Gasteiger partial charge in [0.15, 0.2) is 5.78 Å². The average molecular weight is 202 g/mol. The van der Waals surface area contributed by atoms with E-state index in [0.29, 0.717) is 11.7 Å². The molecule has 0 amide bonds. The molecule has 0 atom stereocenters. The quantitative estimate of drug-likeness (QED) is 0.634. The van der Waals surface area contributed by atoms with Gasteiger partial charge >= 0.3 is 0 Å². The Hall–Kier alpha value is -1.11. The number of benzene rings is 1. The second-order valence-electron chi connectivity index (χ2n) is 4.66. The summed E-state index contributed by atoms with van der Waals surface area (Å²) < 4.78 is 0. The summed E-state index contributed by atoms with van der Waals surface area (Å²) in [6, 6.07) is 6.19. The van der Waals surface area contributed by atoms with Gasteiger partial charge in [0.1, 0.15) is 0 Å². The van der Waals surface area contributed by atoms with Gasteiger partial charge in [-0.15, -0.1) is 0 Å². The summed E-state index contributed by atoms with van der Waals surface area (Å²) >= 11 is 0. The molecule has 0 unspecified atom stereocenters. The van der Waals surface area contributed by atoms with Crippen LogP contribution in [0.25, 0.3) is 0 Å². The molecule has 80 valence electrons. The molecule has 0 saturated heterocycles. The van der Waals surface area contributed by atoms with Crippen LogP contribution in [0.1, 0.15) is 60.5 Å². The number of carbonyl (C=O) groups excluding carboxylic acids is 1. The van der Waals surface area contributed by atoms with Crippen molar-refractivity contribution < 1.29 is 4.79 Å². The van der Waals surface area contributed by atoms with E-state index in [9.17, 15) is 4.79 Å². The maximum absolute atomic E-state index is 11.9. The molecule has 1 heteroatoms. The minimum Gasteiger partial charge on any atom is -0.294 e. The summed E-state index contributed by atoms with van der Waals surface area (Å²) in [5, 5.41) is 0. The summed E-state index contributed by atoms with van der Waals surface area (Å²) in [6.45, 7) is 4.40. The molecule has 2 rings (SSSR count). The fraction of sp³-hybridized carbons (Fsp3) is 0.500. The first kappa shape index (κ1) is 10.4. The molecule has 0 radical (unpaired) electrons. The number of hydrogen-bond acceptors (Lipinski definition) is 1. The SMILES string of the molecule is CC(C)c1cccc2c1CCCCC2=O. The Morgan fingerprint density at radius 3 is 2.60 bits per heavy atom. The summed E-state index contributed by atoms with van der Waals surface area (Å²) in [5.41, 5.74) is 3.66. The zero-order valence-electron chi connectivity index (χ0n) is 9.55. The highest BCUT2D eigenvalue weighted by Crippen LogP contribution is 2.28. The van der Waals surface area contributed by atoms with Gasteiger partial charge in [0, 0.05) is 12.0 Å². The molecule has 1 aromatic carbocycles. The number of hydrogen-bond donors (Lipinski definition) is 0. The van der Waals surface area contributed by atoms with Crippen molar-refractivity contribution in [1.82, 2.24) is 0 Å². The standard InChI is InChI=1S/C14H18O/c1-10(2)11-7-5-8-13-12(11)6-3-4-9-14(13)15/h5,7-8,10H,3-4,6,9H2,1-2H3. The van der Waals surface area contributed by atoms with E-state index in [0.717, 1.165) is 31.2 Å². The van der Waals surface area contributed by atoms with Crippen LogP contribution in [0.2, 0.25) is 0 Å². The van der Waals surface area contributed by atoms with Gasteiger partial charge in [0.2, 0.25) is 0 Å². The zero-order valence-corrected chi connectivity index (χ0v) is 9.55. The number of carbonyl (C=O) groups is 1. The molecule has 0 heterocycles. The second kappa shape index (κ2) is 4.18. The van der Waals surface area contributed by atoms with Gasteiger partial charge in [-0.1, -0.05) is 32.0 Å². The first-order valence-electron chi connectivity index (χ1n) is 5.85. The summed E-state index contributed by atoms with van der Waals surface area (Å²) in [4.78, 5) is 11.9. The lowest BCUT2D eigenvalue weighted by Crippen LogP contribution is -2.04. The van der Waals surface area contributed by atoms with Crippen molar-refractivity contribution in [3.05, 3.63) is 34.9 Å². The predicted octanol–water partition coefficient (Wildman–Crippen LogP) is 3.72. The lowest BCUT2D eigenvalue weighted by atomic mass is 9.90. The Labute approximate surface area is 91.5 Å². The fourth-order valence-corrected chi connectivity index (χ4v) is 2.41. The lowest BCUT2D eigenvalue weighted by Gasteiger charge is -2.14. The molecule has 1 nitrogen and oxygen atoms in total. The van der Waals surface area contributed by atoms with Crippen molar-refractivity contribution in [2.75, 3.05) is 0 Å². The topological polar surface area (TPSA) is 17.1 Å². The van der Waals surface area contributed by atoms with E-state index in [2.05, 4.69) is 19.9 Å². The van der Waals surface area contributed by atoms with E-state index >= 15 is 0 Å². The minimum absolute atomic E-state index is 0.338. The summed E-state index contributed by atoms with van der Waals surface area (Å²) in [5.74, 6) is 0.857.